The molecule has 1 fully saturated rings. The maximum atomic E-state index is 11.4. The summed E-state index contributed by atoms with van der Waals surface area (Å²) in [6, 6.07) is 0. The lowest BCUT2D eigenvalue weighted by Crippen LogP contribution is -2.48. The van der Waals surface area contributed by atoms with Gasteiger partial charge >= 0.3 is 0 Å². The molecule has 0 aromatic rings. The first-order valence-electron chi connectivity index (χ1n) is 6.08. The van der Waals surface area contributed by atoms with E-state index in [1.165, 1.54) is 6.08 Å². The van der Waals surface area contributed by atoms with Crippen molar-refractivity contribution in [3.8, 4) is 0 Å². The Morgan fingerprint density at radius 2 is 1.94 bits per heavy atom. The van der Waals surface area contributed by atoms with E-state index < -0.39 is 0 Å². The van der Waals surface area contributed by atoms with Crippen molar-refractivity contribution in [1.82, 2.24) is 15.1 Å². The molecule has 1 rings (SSSR count). The third-order valence-corrected chi connectivity index (χ3v) is 2.99. The lowest BCUT2D eigenvalue weighted by molar-refractivity contribution is -0.127. The number of hydrogen-bond acceptors (Lipinski definition) is 3. The van der Waals surface area contributed by atoms with Crippen molar-refractivity contribution in [2.45, 2.75) is 12.8 Å². The Morgan fingerprint density at radius 3 is 2.53 bits per heavy atom. The van der Waals surface area contributed by atoms with Crippen molar-refractivity contribution in [1.29, 1.82) is 0 Å². The number of hydrogen-bond donors (Lipinski definition) is 1. The first-order valence-corrected chi connectivity index (χ1v) is 6.08. The minimum atomic E-state index is 0.0276. The third-order valence-electron chi connectivity index (χ3n) is 2.99. The molecule has 1 saturated heterocycles. The second-order valence-corrected chi connectivity index (χ2v) is 4.15. The van der Waals surface area contributed by atoms with Crippen LogP contribution >= 0.6 is 0 Å². The zero-order valence-corrected chi connectivity index (χ0v) is 10.2. The molecule has 1 aliphatic rings. The number of amides is 2. The molecule has 0 unspecified atom stereocenters. The molecule has 0 aromatic carbocycles. The van der Waals surface area contributed by atoms with Gasteiger partial charge < -0.3 is 10.2 Å². The Bertz CT molecular complexity index is 260. The molecule has 1 heterocycles. The van der Waals surface area contributed by atoms with Crippen LogP contribution in [0.1, 0.15) is 12.8 Å². The zero-order chi connectivity index (χ0) is 12.5. The highest BCUT2D eigenvalue weighted by Crippen LogP contribution is 2.04. The molecule has 0 aromatic heterocycles. The summed E-state index contributed by atoms with van der Waals surface area (Å²) >= 11 is 0. The standard InChI is InChI=1S/C12H21N3O2/c1-2-12(17)15-9-7-14(8-10-15)6-4-3-5-13-11-16/h2,11H,1,3-10H2,(H,13,16). The van der Waals surface area contributed by atoms with E-state index in [-0.39, 0.29) is 5.91 Å². The molecule has 0 spiro atoms. The highest BCUT2D eigenvalue weighted by atomic mass is 16.2. The van der Waals surface area contributed by atoms with Gasteiger partial charge in [-0.1, -0.05) is 6.58 Å². The number of carbonyl (C=O) groups excluding carboxylic acids is 2. The van der Waals surface area contributed by atoms with Gasteiger partial charge in [-0.15, -0.1) is 0 Å². The lowest BCUT2D eigenvalue weighted by Gasteiger charge is -2.34. The van der Waals surface area contributed by atoms with Crippen LogP contribution in [0.2, 0.25) is 0 Å². The van der Waals surface area contributed by atoms with E-state index in [0.29, 0.717) is 0 Å². The molecular weight excluding hydrogens is 218 g/mol. The van der Waals surface area contributed by atoms with E-state index in [0.717, 1.165) is 58.5 Å². The molecule has 96 valence electrons. The summed E-state index contributed by atoms with van der Waals surface area (Å²) in [5, 5.41) is 2.65. The number of nitrogens with one attached hydrogen (secondary N) is 1. The predicted molar refractivity (Wildman–Crippen MR) is 66.5 cm³/mol. The van der Waals surface area contributed by atoms with Crippen molar-refractivity contribution in [2.75, 3.05) is 39.3 Å². The largest absolute Gasteiger partial charge is 0.359 e. The van der Waals surface area contributed by atoms with Crippen LogP contribution < -0.4 is 5.32 Å². The average molecular weight is 239 g/mol. The van der Waals surface area contributed by atoms with Crippen LogP contribution in [0.3, 0.4) is 0 Å². The molecule has 0 aliphatic carbocycles. The van der Waals surface area contributed by atoms with E-state index in [1.54, 1.807) is 0 Å². The molecule has 1 aliphatic heterocycles. The number of carbonyl (C=O) groups is 2. The van der Waals surface area contributed by atoms with Gasteiger partial charge in [-0.05, 0) is 25.5 Å². The van der Waals surface area contributed by atoms with Crippen LogP contribution in [0.15, 0.2) is 12.7 Å². The number of unbranched alkanes of at least 4 members (excludes halogenated alkanes) is 1. The zero-order valence-electron chi connectivity index (χ0n) is 10.2. The Morgan fingerprint density at radius 1 is 1.24 bits per heavy atom. The van der Waals surface area contributed by atoms with Crippen LogP contribution in [0.4, 0.5) is 0 Å². The number of nitrogens with zero attached hydrogens (tertiary/aromatic N) is 2. The lowest BCUT2D eigenvalue weighted by atomic mass is 10.2. The maximum Gasteiger partial charge on any atom is 0.246 e. The molecule has 0 radical (unpaired) electrons. The molecule has 0 bridgehead atoms. The highest BCUT2D eigenvalue weighted by molar-refractivity contribution is 5.87. The molecule has 5 nitrogen and oxygen atoms in total. The van der Waals surface area contributed by atoms with Crippen molar-refractivity contribution in [3.63, 3.8) is 0 Å². The molecule has 5 heteroatoms. The van der Waals surface area contributed by atoms with Gasteiger partial charge in [0.05, 0.1) is 0 Å². The fourth-order valence-corrected chi connectivity index (χ4v) is 1.94. The van der Waals surface area contributed by atoms with Crippen molar-refractivity contribution >= 4 is 12.3 Å². The SMILES string of the molecule is C=CC(=O)N1CCN(CCCCNC=O)CC1. The smallest absolute Gasteiger partial charge is 0.246 e. The van der Waals surface area contributed by atoms with Gasteiger partial charge in [-0.3, -0.25) is 14.5 Å². The van der Waals surface area contributed by atoms with Gasteiger partial charge in [0.2, 0.25) is 12.3 Å². The second-order valence-electron chi connectivity index (χ2n) is 4.15. The summed E-state index contributed by atoms with van der Waals surface area (Å²) < 4.78 is 0. The first kappa shape index (κ1) is 13.7. The van der Waals surface area contributed by atoms with E-state index >= 15 is 0 Å². The summed E-state index contributed by atoms with van der Waals surface area (Å²) in [6.07, 6.45) is 4.20. The maximum absolute atomic E-state index is 11.4. The second kappa shape index (κ2) is 7.84. The van der Waals surface area contributed by atoms with Gasteiger partial charge in [-0.2, -0.15) is 0 Å². The molecule has 2 amide bonds. The van der Waals surface area contributed by atoms with Gasteiger partial charge in [0.25, 0.3) is 0 Å². The summed E-state index contributed by atoms with van der Waals surface area (Å²) in [6.45, 7) is 8.72. The fraction of sp³-hybridized carbons (Fsp3) is 0.667. The fourth-order valence-electron chi connectivity index (χ4n) is 1.94. The monoisotopic (exact) mass is 239 g/mol. The Balaban J connectivity index is 2.08. The summed E-state index contributed by atoms with van der Waals surface area (Å²) in [5.41, 5.74) is 0. The summed E-state index contributed by atoms with van der Waals surface area (Å²) in [5.74, 6) is 0.0276. The van der Waals surface area contributed by atoms with Gasteiger partial charge in [0.15, 0.2) is 0 Å². The minimum absolute atomic E-state index is 0.0276. The van der Waals surface area contributed by atoms with E-state index in [9.17, 15) is 9.59 Å². The first-order chi connectivity index (χ1) is 8.27. The van der Waals surface area contributed by atoms with E-state index in [2.05, 4.69) is 16.8 Å². The Kier molecular flexibility index (Phi) is 6.32. The van der Waals surface area contributed by atoms with E-state index in [1.807, 2.05) is 4.90 Å². The number of piperazine rings is 1. The van der Waals surface area contributed by atoms with Crippen LogP contribution in [0.5, 0.6) is 0 Å². The van der Waals surface area contributed by atoms with Gasteiger partial charge in [0, 0.05) is 32.7 Å². The van der Waals surface area contributed by atoms with Crippen molar-refractivity contribution in [3.05, 3.63) is 12.7 Å². The van der Waals surface area contributed by atoms with Gasteiger partial charge in [0.1, 0.15) is 0 Å². The molecule has 0 saturated carbocycles. The van der Waals surface area contributed by atoms with Crippen LogP contribution in [0.25, 0.3) is 0 Å². The molecule has 17 heavy (non-hydrogen) atoms. The van der Waals surface area contributed by atoms with Crippen LogP contribution in [-0.4, -0.2) is 61.4 Å². The number of rotatable bonds is 7. The average Bonchev–Trinajstić information content (AvgIpc) is 2.38. The third kappa shape index (κ3) is 4.99. The van der Waals surface area contributed by atoms with Crippen molar-refractivity contribution in [2.24, 2.45) is 0 Å². The van der Waals surface area contributed by atoms with Crippen LogP contribution in [-0.2, 0) is 9.59 Å². The molecule has 0 atom stereocenters. The van der Waals surface area contributed by atoms with Crippen molar-refractivity contribution < 1.29 is 9.59 Å². The van der Waals surface area contributed by atoms with Crippen LogP contribution in [0, 0.1) is 0 Å². The topological polar surface area (TPSA) is 52.7 Å². The van der Waals surface area contributed by atoms with Gasteiger partial charge in [-0.25, -0.2) is 0 Å². The normalized spacial score (nSPS) is 16.6. The van der Waals surface area contributed by atoms with E-state index in [4.69, 9.17) is 0 Å². The quantitative estimate of drug-likeness (QED) is 0.382. The predicted octanol–water partition coefficient (Wildman–Crippen LogP) is -0.157. The summed E-state index contributed by atoms with van der Waals surface area (Å²) in [4.78, 5) is 25.6. The Hall–Kier alpha value is -1.36. The highest BCUT2D eigenvalue weighted by Gasteiger charge is 2.18. The summed E-state index contributed by atoms with van der Waals surface area (Å²) in [7, 11) is 0. The molecule has 1 N–H and O–H groups in total. The Labute approximate surface area is 102 Å². The molecular formula is C12H21N3O2. The minimum Gasteiger partial charge on any atom is -0.359 e.